The lowest BCUT2D eigenvalue weighted by atomic mass is 10.2. The number of benzene rings is 1. The van der Waals surface area contributed by atoms with E-state index in [0.717, 1.165) is 12.8 Å². The molecule has 4 nitrogen and oxygen atoms in total. The third-order valence-electron chi connectivity index (χ3n) is 2.76. The number of nitrogens with one attached hydrogen (secondary N) is 1. The maximum atomic E-state index is 12.0. The van der Waals surface area contributed by atoms with Crippen molar-refractivity contribution >= 4 is 23.4 Å². The molecule has 1 aliphatic carbocycles. The van der Waals surface area contributed by atoms with Gasteiger partial charge >= 0.3 is 0 Å². The molecule has 18 heavy (non-hydrogen) atoms. The summed E-state index contributed by atoms with van der Waals surface area (Å²) in [7, 11) is 1.61. The summed E-state index contributed by atoms with van der Waals surface area (Å²) in [6.07, 6.45) is 2.08. The molecule has 0 saturated heterocycles. The molecule has 5 heteroatoms. The summed E-state index contributed by atoms with van der Waals surface area (Å²) in [6, 6.07) is 6.94. The van der Waals surface area contributed by atoms with Gasteiger partial charge in [0, 0.05) is 23.7 Å². The lowest BCUT2D eigenvalue weighted by Gasteiger charge is -2.16. The zero-order valence-electron chi connectivity index (χ0n) is 10.1. The number of hydrogen-bond acceptors (Lipinski definition) is 2. The van der Waals surface area contributed by atoms with E-state index < -0.39 is 0 Å². The Balaban J connectivity index is 1.90. The minimum atomic E-state index is -0.183. The summed E-state index contributed by atoms with van der Waals surface area (Å²) in [5.74, 6) is -0.292. The average molecular weight is 267 g/mol. The highest BCUT2D eigenvalue weighted by molar-refractivity contribution is 6.30. The van der Waals surface area contributed by atoms with E-state index in [4.69, 9.17) is 11.6 Å². The van der Waals surface area contributed by atoms with Crippen molar-refractivity contribution in [2.45, 2.75) is 18.9 Å². The van der Waals surface area contributed by atoms with Crippen LogP contribution in [0.4, 0.5) is 0 Å². The molecule has 0 atom stereocenters. The molecule has 0 aliphatic heterocycles. The van der Waals surface area contributed by atoms with Crippen LogP contribution < -0.4 is 5.32 Å². The summed E-state index contributed by atoms with van der Waals surface area (Å²) in [5, 5.41) is 3.43. The van der Waals surface area contributed by atoms with Crippen LogP contribution in [0.25, 0.3) is 0 Å². The second kappa shape index (κ2) is 5.40. The number of carbonyl (C=O) groups excluding carboxylic acids is 2. The minimum Gasteiger partial charge on any atom is -0.352 e. The summed E-state index contributed by atoms with van der Waals surface area (Å²) < 4.78 is 0. The van der Waals surface area contributed by atoms with Gasteiger partial charge in [-0.3, -0.25) is 9.59 Å². The van der Waals surface area contributed by atoms with Crippen LogP contribution in [-0.2, 0) is 4.79 Å². The van der Waals surface area contributed by atoms with Crippen molar-refractivity contribution in [3.63, 3.8) is 0 Å². The quantitative estimate of drug-likeness (QED) is 0.902. The van der Waals surface area contributed by atoms with E-state index in [1.807, 2.05) is 0 Å². The van der Waals surface area contributed by atoms with Crippen molar-refractivity contribution in [3.8, 4) is 0 Å². The van der Waals surface area contributed by atoms with Gasteiger partial charge in [-0.25, -0.2) is 0 Å². The van der Waals surface area contributed by atoms with Crippen LogP contribution in [0.1, 0.15) is 23.2 Å². The summed E-state index contributed by atoms with van der Waals surface area (Å²) in [5.41, 5.74) is 0.529. The van der Waals surface area contributed by atoms with E-state index in [-0.39, 0.29) is 18.4 Å². The van der Waals surface area contributed by atoms with Gasteiger partial charge in [-0.15, -0.1) is 0 Å². The summed E-state index contributed by atoms with van der Waals surface area (Å²) in [4.78, 5) is 25.0. The van der Waals surface area contributed by atoms with Crippen LogP contribution >= 0.6 is 11.6 Å². The lowest BCUT2D eigenvalue weighted by Crippen LogP contribution is -2.39. The number of amides is 2. The van der Waals surface area contributed by atoms with Gasteiger partial charge in [0.1, 0.15) is 0 Å². The molecule has 0 spiro atoms. The number of halogens is 1. The predicted molar refractivity (Wildman–Crippen MR) is 69.6 cm³/mol. The minimum absolute atomic E-state index is 0.0813. The third-order valence-corrected chi connectivity index (χ3v) is 3.01. The average Bonchev–Trinajstić information content (AvgIpc) is 3.12. The fourth-order valence-electron chi connectivity index (χ4n) is 1.60. The van der Waals surface area contributed by atoms with Gasteiger partial charge < -0.3 is 10.2 Å². The van der Waals surface area contributed by atoms with E-state index in [1.54, 1.807) is 31.3 Å². The van der Waals surface area contributed by atoms with E-state index in [0.29, 0.717) is 16.6 Å². The molecule has 0 unspecified atom stereocenters. The molecular formula is C13H15ClN2O2. The standard InChI is InChI=1S/C13H15ClN2O2/c1-16(8-12(17)15-11-6-7-11)13(18)9-2-4-10(14)5-3-9/h2-5,11H,6-8H2,1H3,(H,15,17). The molecule has 1 saturated carbocycles. The first-order valence-electron chi connectivity index (χ1n) is 5.86. The molecule has 0 bridgehead atoms. The molecule has 2 amide bonds. The maximum Gasteiger partial charge on any atom is 0.254 e. The molecule has 0 aromatic heterocycles. The Morgan fingerprint density at radius 3 is 2.50 bits per heavy atom. The van der Waals surface area contributed by atoms with E-state index in [1.165, 1.54) is 4.90 Å². The zero-order chi connectivity index (χ0) is 13.1. The zero-order valence-corrected chi connectivity index (χ0v) is 10.9. The molecule has 0 heterocycles. The fourth-order valence-corrected chi connectivity index (χ4v) is 1.73. The van der Waals surface area contributed by atoms with Gasteiger partial charge in [-0.2, -0.15) is 0 Å². The van der Waals surface area contributed by atoms with E-state index in [9.17, 15) is 9.59 Å². The van der Waals surface area contributed by atoms with Crippen LogP contribution in [0.5, 0.6) is 0 Å². The van der Waals surface area contributed by atoms with Gasteiger partial charge in [0.05, 0.1) is 6.54 Å². The molecule has 0 radical (unpaired) electrons. The summed E-state index contributed by atoms with van der Waals surface area (Å²) >= 11 is 5.76. The van der Waals surface area contributed by atoms with Crippen molar-refractivity contribution in [2.24, 2.45) is 0 Å². The Labute approximate surface area is 111 Å². The van der Waals surface area contributed by atoms with Gasteiger partial charge in [-0.05, 0) is 37.1 Å². The Bertz CT molecular complexity index is 455. The first-order valence-corrected chi connectivity index (χ1v) is 6.24. The number of rotatable bonds is 4. The summed E-state index contributed by atoms with van der Waals surface area (Å²) in [6.45, 7) is 0.0813. The number of likely N-dealkylation sites (N-methyl/N-ethyl adjacent to an activating group) is 1. The molecule has 1 aliphatic rings. The van der Waals surface area contributed by atoms with Crippen molar-refractivity contribution < 1.29 is 9.59 Å². The van der Waals surface area contributed by atoms with Crippen molar-refractivity contribution in [1.82, 2.24) is 10.2 Å². The van der Waals surface area contributed by atoms with Gasteiger partial charge in [0.15, 0.2) is 0 Å². The van der Waals surface area contributed by atoms with Crippen LogP contribution in [0.3, 0.4) is 0 Å². The maximum absolute atomic E-state index is 12.0. The Morgan fingerprint density at radius 1 is 1.33 bits per heavy atom. The highest BCUT2D eigenvalue weighted by Gasteiger charge is 2.24. The smallest absolute Gasteiger partial charge is 0.254 e. The monoisotopic (exact) mass is 266 g/mol. The Hall–Kier alpha value is -1.55. The predicted octanol–water partition coefficient (Wildman–Crippen LogP) is 1.69. The second-order valence-corrected chi connectivity index (χ2v) is 4.95. The SMILES string of the molecule is CN(CC(=O)NC1CC1)C(=O)c1ccc(Cl)cc1. The lowest BCUT2D eigenvalue weighted by molar-refractivity contribution is -0.121. The number of hydrogen-bond donors (Lipinski definition) is 1. The topological polar surface area (TPSA) is 49.4 Å². The Morgan fingerprint density at radius 2 is 1.94 bits per heavy atom. The highest BCUT2D eigenvalue weighted by atomic mass is 35.5. The van der Waals surface area contributed by atoms with E-state index >= 15 is 0 Å². The van der Waals surface area contributed by atoms with Crippen molar-refractivity contribution in [1.29, 1.82) is 0 Å². The first kappa shape index (κ1) is 12.9. The number of nitrogens with zero attached hydrogens (tertiary/aromatic N) is 1. The molecule has 1 aromatic rings. The second-order valence-electron chi connectivity index (χ2n) is 4.51. The molecule has 1 fully saturated rings. The normalized spacial score (nSPS) is 14.1. The van der Waals surface area contributed by atoms with E-state index in [2.05, 4.69) is 5.32 Å². The highest BCUT2D eigenvalue weighted by Crippen LogP contribution is 2.18. The van der Waals surface area contributed by atoms with Crippen LogP contribution in [-0.4, -0.2) is 36.3 Å². The molecule has 1 aromatic carbocycles. The number of carbonyl (C=O) groups is 2. The van der Waals surface area contributed by atoms with Crippen molar-refractivity contribution in [2.75, 3.05) is 13.6 Å². The first-order chi connectivity index (χ1) is 8.56. The van der Waals surface area contributed by atoms with Crippen LogP contribution in [0.2, 0.25) is 5.02 Å². The van der Waals surface area contributed by atoms with Gasteiger partial charge in [-0.1, -0.05) is 11.6 Å². The fraction of sp³-hybridized carbons (Fsp3) is 0.385. The Kier molecular flexibility index (Phi) is 3.87. The molecule has 96 valence electrons. The van der Waals surface area contributed by atoms with Crippen LogP contribution in [0.15, 0.2) is 24.3 Å². The van der Waals surface area contributed by atoms with Gasteiger partial charge in [0.2, 0.25) is 5.91 Å². The van der Waals surface area contributed by atoms with Crippen molar-refractivity contribution in [3.05, 3.63) is 34.9 Å². The largest absolute Gasteiger partial charge is 0.352 e. The molecular weight excluding hydrogens is 252 g/mol. The van der Waals surface area contributed by atoms with Crippen LogP contribution in [0, 0.1) is 0 Å². The molecule has 1 N–H and O–H groups in total. The third kappa shape index (κ3) is 3.47. The van der Waals surface area contributed by atoms with Gasteiger partial charge in [0.25, 0.3) is 5.91 Å². The molecule has 2 rings (SSSR count).